The molecular formula is C16H16ClF2N. The fourth-order valence-electron chi connectivity index (χ4n) is 2.24. The highest BCUT2D eigenvalue weighted by Gasteiger charge is 2.17. The maximum atomic E-state index is 14.1. The Morgan fingerprint density at radius 3 is 2.65 bits per heavy atom. The molecular weight excluding hydrogens is 280 g/mol. The van der Waals surface area contributed by atoms with Crippen molar-refractivity contribution in [3.8, 4) is 0 Å². The third-order valence-corrected chi connectivity index (χ3v) is 3.73. The molecule has 2 aromatic carbocycles. The Bertz CT molecular complexity index is 613. The van der Waals surface area contributed by atoms with E-state index in [0.29, 0.717) is 12.0 Å². The molecule has 0 saturated heterocycles. The largest absolute Gasteiger partial charge is 0.313 e. The second kappa shape index (κ2) is 6.33. The minimum Gasteiger partial charge on any atom is -0.313 e. The summed E-state index contributed by atoms with van der Waals surface area (Å²) in [4.78, 5) is 0. The van der Waals surface area contributed by atoms with Gasteiger partial charge in [0.15, 0.2) is 0 Å². The number of likely N-dealkylation sites (N-methyl/N-ethyl adjacent to an activating group) is 1. The minimum absolute atomic E-state index is 0.0960. The molecule has 2 aromatic rings. The van der Waals surface area contributed by atoms with Gasteiger partial charge in [-0.25, -0.2) is 8.78 Å². The maximum absolute atomic E-state index is 14.1. The number of hydrogen-bond acceptors (Lipinski definition) is 1. The first kappa shape index (κ1) is 14.9. The van der Waals surface area contributed by atoms with E-state index in [2.05, 4.69) is 5.32 Å². The van der Waals surface area contributed by atoms with Crippen molar-refractivity contribution in [1.82, 2.24) is 5.32 Å². The van der Waals surface area contributed by atoms with Crippen LogP contribution in [0, 0.1) is 18.6 Å². The fraction of sp³-hybridized carbons (Fsp3) is 0.250. The number of benzene rings is 2. The van der Waals surface area contributed by atoms with Crippen LogP contribution in [0.1, 0.15) is 22.7 Å². The van der Waals surface area contributed by atoms with Crippen molar-refractivity contribution in [1.29, 1.82) is 0 Å². The topological polar surface area (TPSA) is 12.0 Å². The molecule has 1 unspecified atom stereocenters. The summed E-state index contributed by atoms with van der Waals surface area (Å²) in [5.41, 5.74) is 2.32. The molecule has 0 aliphatic carbocycles. The summed E-state index contributed by atoms with van der Waals surface area (Å²) in [6.45, 7) is 1.91. The molecule has 0 fully saturated rings. The third-order valence-electron chi connectivity index (χ3n) is 3.44. The lowest BCUT2D eigenvalue weighted by molar-refractivity contribution is 0.531. The van der Waals surface area contributed by atoms with Crippen molar-refractivity contribution in [2.45, 2.75) is 19.4 Å². The molecule has 1 N–H and O–H groups in total. The van der Waals surface area contributed by atoms with E-state index in [1.165, 1.54) is 18.2 Å². The van der Waals surface area contributed by atoms with Gasteiger partial charge in [-0.3, -0.25) is 0 Å². The minimum atomic E-state index is -0.428. The van der Waals surface area contributed by atoms with E-state index in [1.54, 1.807) is 25.2 Å². The summed E-state index contributed by atoms with van der Waals surface area (Å²) < 4.78 is 27.4. The van der Waals surface area contributed by atoms with Gasteiger partial charge >= 0.3 is 0 Å². The van der Waals surface area contributed by atoms with Crippen LogP contribution in [0.4, 0.5) is 8.78 Å². The molecule has 20 heavy (non-hydrogen) atoms. The molecule has 4 heteroatoms. The normalized spacial score (nSPS) is 12.4. The molecule has 0 heterocycles. The molecule has 2 rings (SSSR count). The lowest BCUT2D eigenvalue weighted by Gasteiger charge is -2.19. The first-order chi connectivity index (χ1) is 9.52. The summed E-state index contributed by atoms with van der Waals surface area (Å²) in [6, 6.07) is 9.30. The van der Waals surface area contributed by atoms with E-state index in [-0.39, 0.29) is 16.9 Å². The second-order valence-corrected chi connectivity index (χ2v) is 5.17. The van der Waals surface area contributed by atoms with E-state index >= 15 is 0 Å². The van der Waals surface area contributed by atoms with Crippen molar-refractivity contribution < 1.29 is 8.78 Å². The Morgan fingerprint density at radius 2 is 1.95 bits per heavy atom. The van der Waals surface area contributed by atoms with E-state index < -0.39 is 5.82 Å². The zero-order valence-corrected chi connectivity index (χ0v) is 12.1. The second-order valence-electron chi connectivity index (χ2n) is 4.76. The van der Waals surface area contributed by atoms with E-state index in [4.69, 9.17) is 11.6 Å². The zero-order chi connectivity index (χ0) is 14.7. The summed E-state index contributed by atoms with van der Waals surface area (Å²) in [5, 5.41) is 3.16. The van der Waals surface area contributed by atoms with Gasteiger partial charge in [-0.05, 0) is 49.7 Å². The van der Waals surface area contributed by atoms with Gasteiger partial charge < -0.3 is 5.32 Å². The van der Waals surface area contributed by atoms with Gasteiger partial charge in [-0.2, -0.15) is 0 Å². The van der Waals surface area contributed by atoms with E-state index in [9.17, 15) is 8.78 Å². The molecule has 0 radical (unpaired) electrons. The average Bonchev–Trinajstić information content (AvgIpc) is 2.43. The van der Waals surface area contributed by atoms with Crippen molar-refractivity contribution in [2.75, 3.05) is 7.05 Å². The van der Waals surface area contributed by atoms with Crippen LogP contribution >= 0.6 is 11.6 Å². The Labute approximate surface area is 122 Å². The van der Waals surface area contributed by atoms with Crippen LogP contribution in [0.5, 0.6) is 0 Å². The van der Waals surface area contributed by atoms with Crippen molar-refractivity contribution >= 4 is 11.6 Å². The predicted molar refractivity (Wildman–Crippen MR) is 78.1 cm³/mol. The number of aryl methyl sites for hydroxylation is 1. The Morgan fingerprint density at radius 1 is 1.20 bits per heavy atom. The molecule has 0 saturated carbocycles. The summed E-state index contributed by atoms with van der Waals surface area (Å²) >= 11 is 5.81. The van der Waals surface area contributed by atoms with E-state index in [1.807, 2.05) is 6.92 Å². The Balaban J connectivity index is 2.34. The number of hydrogen-bond donors (Lipinski definition) is 1. The van der Waals surface area contributed by atoms with Crippen LogP contribution < -0.4 is 5.32 Å². The van der Waals surface area contributed by atoms with Crippen molar-refractivity contribution in [3.05, 3.63) is 69.7 Å². The summed E-state index contributed by atoms with van der Waals surface area (Å²) in [5.74, 6) is -0.713. The predicted octanol–water partition coefficient (Wildman–Crippen LogP) is 4.43. The van der Waals surface area contributed by atoms with Crippen LogP contribution in [0.25, 0.3) is 0 Å². The van der Waals surface area contributed by atoms with Gasteiger partial charge in [-0.15, -0.1) is 0 Å². The van der Waals surface area contributed by atoms with Crippen molar-refractivity contribution in [2.24, 2.45) is 0 Å². The SMILES string of the molecule is CNC(Cc1cc(F)ccc1C)c1cccc(Cl)c1F. The fourth-order valence-corrected chi connectivity index (χ4v) is 2.42. The number of nitrogens with one attached hydrogen (secondary N) is 1. The molecule has 1 nitrogen and oxygen atoms in total. The quantitative estimate of drug-likeness (QED) is 0.880. The van der Waals surface area contributed by atoms with Crippen LogP contribution in [-0.2, 0) is 6.42 Å². The average molecular weight is 296 g/mol. The van der Waals surface area contributed by atoms with Gasteiger partial charge in [0.25, 0.3) is 0 Å². The van der Waals surface area contributed by atoms with Crippen LogP contribution in [0.3, 0.4) is 0 Å². The smallest absolute Gasteiger partial charge is 0.146 e. The summed E-state index contributed by atoms with van der Waals surface area (Å²) in [6.07, 6.45) is 0.497. The van der Waals surface area contributed by atoms with Crippen LogP contribution in [-0.4, -0.2) is 7.05 Å². The molecule has 0 amide bonds. The van der Waals surface area contributed by atoms with E-state index in [0.717, 1.165) is 11.1 Å². The highest BCUT2D eigenvalue weighted by molar-refractivity contribution is 6.30. The highest BCUT2D eigenvalue weighted by atomic mass is 35.5. The van der Waals surface area contributed by atoms with Gasteiger partial charge in [0.2, 0.25) is 0 Å². The molecule has 106 valence electrons. The Hall–Kier alpha value is -1.45. The molecule has 0 aliphatic heterocycles. The van der Waals surface area contributed by atoms with Crippen LogP contribution in [0.15, 0.2) is 36.4 Å². The molecule has 0 bridgehead atoms. The first-order valence-electron chi connectivity index (χ1n) is 6.39. The molecule has 0 aromatic heterocycles. The van der Waals surface area contributed by atoms with Crippen LogP contribution in [0.2, 0.25) is 5.02 Å². The maximum Gasteiger partial charge on any atom is 0.146 e. The number of rotatable bonds is 4. The van der Waals surface area contributed by atoms with Gasteiger partial charge in [0.05, 0.1) is 5.02 Å². The van der Waals surface area contributed by atoms with Gasteiger partial charge in [0, 0.05) is 11.6 Å². The summed E-state index contributed by atoms with van der Waals surface area (Å²) in [7, 11) is 1.75. The third kappa shape index (κ3) is 3.17. The van der Waals surface area contributed by atoms with Crippen molar-refractivity contribution in [3.63, 3.8) is 0 Å². The molecule has 1 atom stereocenters. The lowest BCUT2D eigenvalue weighted by atomic mass is 9.96. The van der Waals surface area contributed by atoms with Gasteiger partial charge in [-0.1, -0.05) is 29.8 Å². The molecule has 0 spiro atoms. The van der Waals surface area contributed by atoms with Gasteiger partial charge in [0.1, 0.15) is 11.6 Å². The zero-order valence-electron chi connectivity index (χ0n) is 11.4. The highest BCUT2D eigenvalue weighted by Crippen LogP contribution is 2.26. The Kier molecular flexibility index (Phi) is 4.73. The standard InChI is InChI=1S/C16H16ClF2N/c1-10-6-7-12(18)8-11(10)9-15(20-2)13-4-3-5-14(17)16(13)19/h3-8,15,20H,9H2,1-2H3. The number of halogens is 3. The first-order valence-corrected chi connectivity index (χ1v) is 6.77. The molecule has 0 aliphatic rings. The monoisotopic (exact) mass is 295 g/mol. The lowest BCUT2D eigenvalue weighted by Crippen LogP contribution is -2.20.